The standard InChI is InChI=1S/C28H37ClN4O4/c1-17(2)36-21-11-19(12-22(13-21)37-18(3)4)16-33-9-7-20(8-10-33)30-27-23-14-25(34-5)26(35-6)15-24(23)31-28(29)32-27/h11-15,17-18,20H,7-10,16H2,1-6H3,(H,30,31,32). The normalized spacial score (nSPS) is 14.8. The monoisotopic (exact) mass is 528 g/mol. The van der Waals surface area contributed by atoms with Gasteiger partial charge in [-0.3, -0.25) is 4.90 Å². The summed E-state index contributed by atoms with van der Waals surface area (Å²) < 4.78 is 22.9. The Hall–Kier alpha value is -2.97. The van der Waals surface area contributed by atoms with E-state index in [2.05, 4.69) is 32.3 Å². The number of rotatable bonds is 10. The lowest BCUT2D eigenvalue weighted by Crippen LogP contribution is -2.38. The van der Waals surface area contributed by atoms with Crippen LogP contribution in [-0.2, 0) is 6.54 Å². The Labute approximate surface area is 224 Å². The number of nitrogens with zero attached hydrogens (tertiary/aromatic N) is 3. The number of hydrogen-bond acceptors (Lipinski definition) is 8. The van der Waals surface area contributed by atoms with Crippen molar-refractivity contribution in [2.24, 2.45) is 0 Å². The van der Waals surface area contributed by atoms with Crippen molar-refractivity contribution in [1.82, 2.24) is 14.9 Å². The molecule has 1 fully saturated rings. The fourth-order valence-electron chi connectivity index (χ4n) is 4.63. The number of likely N-dealkylation sites (tertiary alicyclic amines) is 1. The predicted molar refractivity (Wildman–Crippen MR) is 148 cm³/mol. The van der Waals surface area contributed by atoms with E-state index in [9.17, 15) is 0 Å². The zero-order valence-corrected chi connectivity index (χ0v) is 23.3. The molecule has 3 aromatic rings. The number of hydrogen-bond donors (Lipinski definition) is 1. The Bertz CT molecular complexity index is 1180. The molecule has 0 saturated carbocycles. The van der Waals surface area contributed by atoms with Gasteiger partial charge in [0.25, 0.3) is 0 Å². The van der Waals surface area contributed by atoms with E-state index in [4.69, 9.17) is 30.5 Å². The van der Waals surface area contributed by atoms with Crippen LogP contribution in [0.4, 0.5) is 5.82 Å². The molecule has 0 aliphatic carbocycles. The summed E-state index contributed by atoms with van der Waals surface area (Å²) >= 11 is 6.25. The molecule has 37 heavy (non-hydrogen) atoms. The van der Waals surface area contributed by atoms with Gasteiger partial charge in [0.15, 0.2) is 11.5 Å². The molecule has 1 saturated heterocycles. The van der Waals surface area contributed by atoms with Crippen LogP contribution in [0.25, 0.3) is 10.9 Å². The lowest BCUT2D eigenvalue weighted by Gasteiger charge is -2.33. The van der Waals surface area contributed by atoms with E-state index in [1.165, 1.54) is 5.56 Å². The van der Waals surface area contributed by atoms with E-state index in [-0.39, 0.29) is 23.5 Å². The fourth-order valence-corrected chi connectivity index (χ4v) is 4.80. The van der Waals surface area contributed by atoms with Crippen molar-refractivity contribution in [3.05, 3.63) is 41.2 Å². The molecule has 1 aromatic heterocycles. The third kappa shape index (κ3) is 7.08. The van der Waals surface area contributed by atoms with Gasteiger partial charge in [-0.25, -0.2) is 9.97 Å². The van der Waals surface area contributed by atoms with E-state index in [1.807, 2.05) is 45.9 Å². The average molecular weight is 529 g/mol. The van der Waals surface area contributed by atoms with Crippen molar-refractivity contribution < 1.29 is 18.9 Å². The zero-order valence-electron chi connectivity index (χ0n) is 22.5. The summed E-state index contributed by atoms with van der Waals surface area (Å²) in [6.45, 7) is 10.9. The quantitative estimate of drug-likeness (QED) is 0.323. The highest BCUT2D eigenvalue weighted by Crippen LogP contribution is 2.35. The van der Waals surface area contributed by atoms with E-state index < -0.39 is 0 Å². The summed E-state index contributed by atoms with van der Waals surface area (Å²) in [6, 6.07) is 10.2. The van der Waals surface area contributed by atoms with Gasteiger partial charge in [-0.05, 0) is 75.9 Å². The van der Waals surface area contributed by atoms with Gasteiger partial charge in [-0.15, -0.1) is 0 Å². The van der Waals surface area contributed by atoms with Crippen LogP contribution < -0.4 is 24.3 Å². The molecule has 8 nitrogen and oxygen atoms in total. The topological polar surface area (TPSA) is 78.0 Å². The highest BCUT2D eigenvalue weighted by Gasteiger charge is 2.22. The number of anilines is 1. The molecule has 0 amide bonds. The summed E-state index contributed by atoms with van der Waals surface area (Å²) in [5, 5.41) is 4.65. The Morgan fingerprint density at radius 3 is 2.05 bits per heavy atom. The second kappa shape index (κ2) is 12.0. The maximum atomic E-state index is 6.25. The highest BCUT2D eigenvalue weighted by molar-refractivity contribution is 6.28. The number of nitrogens with one attached hydrogen (secondary N) is 1. The molecule has 9 heteroatoms. The highest BCUT2D eigenvalue weighted by atomic mass is 35.5. The van der Waals surface area contributed by atoms with Crippen LogP contribution >= 0.6 is 11.6 Å². The lowest BCUT2D eigenvalue weighted by atomic mass is 10.0. The van der Waals surface area contributed by atoms with E-state index in [0.717, 1.165) is 49.4 Å². The molecule has 4 rings (SSSR count). The largest absolute Gasteiger partial charge is 0.493 e. The molecule has 0 radical (unpaired) electrons. The molecule has 0 bridgehead atoms. The van der Waals surface area contributed by atoms with Crippen LogP contribution in [0.3, 0.4) is 0 Å². The minimum atomic E-state index is 0.108. The first-order chi connectivity index (χ1) is 17.7. The number of fused-ring (bicyclic) bond motifs is 1. The second-order valence-electron chi connectivity index (χ2n) is 9.91. The maximum Gasteiger partial charge on any atom is 0.224 e. The van der Waals surface area contributed by atoms with Crippen LogP contribution in [0.5, 0.6) is 23.0 Å². The lowest BCUT2D eigenvalue weighted by molar-refractivity contribution is 0.207. The second-order valence-corrected chi connectivity index (χ2v) is 10.2. The van der Waals surface area contributed by atoms with Crippen LogP contribution in [0.2, 0.25) is 5.28 Å². The molecule has 0 spiro atoms. The third-order valence-electron chi connectivity index (χ3n) is 6.19. The van der Waals surface area contributed by atoms with Crippen molar-refractivity contribution in [3.8, 4) is 23.0 Å². The molecular weight excluding hydrogens is 492 g/mol. The third-order valence-corrected chi connectivity index (χ3v) is 6.36. The van der Waals surface area contributed by atoms with Crippen molar-refractivity contribution in [2.45, 2.75) is 65.3 Å². The number of aromatic nitrogens is 2. The molecule has 1 aliphatic rings. The van der Waals surface area contributed by atoms with Crippen molar-refractivity contribution in [2.75, 3.05) is 32.6 Å². The summed E-state index contributed by atoms with van der Waals surface area (Å²) in [5.74, 6) is 3.64. The van der Waals surface area contributed by atoms with Crippen LogP contribution in [0.1, 0.15) is 46.1 Å². The van der Waals surface area contributed by atoms with Gasteiger partial charge in [-0.1, -0.05) is 0 Å². The van der Waals surface area contributed by atoms with Gasteiger partial charge in [-0.2, -0.15) is 0 Å². The molecule has 1 N–H and O–H groups in total. The minimum absolute atomic E-state index is 0.108. The SMILES string of the molecule is COc1cc2nc(Cl)nc(NC3CCN(Cc4cc(OC(C)C)cc(OC(C)C)c4)CC3)c2cc1OC. The van der Waals surface area contributed by atoms with Crippen LogP contribution in [0.15, 0.2) is 30.3 Å². The van der Waals surface area contributed by atoms with Gasteiger partial charge in [0, 0.05) is 43.2 Å². The van der Waals surface area contributed by atoms with E-state index >= 15 is 0 Å². The molecule has 200 valence electrons. The fraction of sp³-hybridized carbons (Fsp3) is 0.500. The van der Waals surface area contributed by atoms with E-state index in [0.29, 0.717) is 22.8 Å². The first-order valence-electron chi connectivity index (χ1n) is 12.8. The summed E-state index contributed by atoms with van der Waals surface area (Å²) in [4.78, 5) is 11.3. The first-order valence-corrected chi connectivity index (χ1v) is 13.2. The molecule has 1 aliphatic heterocycles. The maximum absolute atomic E-state index is 6.25. The number of ether oxygens (including phenoxy) is 4. The number of methoxy groups -OCH3 is 2. The summed E-state index contributed by atoms with van der Waals surface area (Å²) in [5.41, 5.74) is 1.90. The Morgan fingerprint density at radius 1 is 0.892 bits per heavy atom. The van der Waals surface area contributed by atoms with Gasteiger partial charge in [0.2, 0.25) is 5.28 Å². The van der Waals surface area contributed by atoms with Crippen molar-refractivity contribution in [3.63, 3.8) is 0 Å². The Kier molecular flexibility index (Phi) is 8.82. The smallest absolute Gasteiger partial charge is 0.224 e. The van der Waals surface area contributed by atoms with Gasteiger partial charge < -0.3 is 24.3 Å². The first kappa shape index (κ1) is 27.1. The zero-order chi connectivity index (χ0) is 26.5. The molecule has 2 heterocycles. The minimum Gasteiger partial charge on any atom is -0.493 e. The predicted octanol–water partition coefficient (Wildman–Crippen LogP) is 5.95. The molecule has 0 atom stereocenters. The molecular formula is C28H37ClN4O4. The van der Waals surface area contributed by atoms with Gasteiger partial charge >= 0.3 is 0 Å². The van der Waals surface area contributed by atoms with Crippen LogP contribution in [-0.4, -0.2) is 60.4 Å². The summed E-state index contributed by atoms with van der Waals surface area (Å²) in [7, 11) is 3.22. The number of benzene rings is 2. The number of piperidine rings is 1. The van der Waals surface area contributed by atoms with Gasteiger partial charge in [0.1, 0.15) is 17.3 Å². The van der Waals surface area contributed by atoms with Crippen LogP contribution in [0, 0.1) is 0 Å². The molecule has 0 unspecified atom stereocenters. The van der Waals surface area contributed by atoms with Crippen molar-refractivity contribution in [1.29, 1.82) is 0 Å². The van der Waals surface area contributed by atoms with Crippen molar-refractivity contribution >= 4 is 28.3 Å². The Balaban J connectivity index is 1.44. The average Bonchev–Trinajstić information content (AvgIpc) is 2.83. The molecule has 2 aromatic carbocycles. The van der Waals surface area contributed by atoms with Gasteiger partial charge in [0.05, 0.1) is 31.9 Å². The Morgan fingerprint density at radius 2 is 1.49 bits per heavy atom. The summed E-state index contributed by atoms with van der Waals surface area (Å²) in [6.07, 6.45) is 2.18. The number of halogens is 1. The van der Waals surface area contributed by atoms with E-state index in [1.54, 1.807) is 14.2 Å².